The van der Waals surface area contributed by atoms with E-state index in [0.717, 1.165) is 15.6 Å². The van der Waals surface area contributed by atoms with Crippen LogP contribution in [0.3, 0.4) is 0 Å². The van der Waals surface area contributed by atoms with Crippen LogP contribution in [0, 0.1) is 0 Å². The van der Waals surface area contributed by atoms with E-state index in [4.69, 9.17) is 16.3 Å². The number of carbonyl (C=O) groups excluding carboxylic acids is 2. The molecule has 0 aliphatic heterocycles. The fourth-order valence-electron chi connectivity index (χ4n) is 3.13. The number of rotatable bonds is 8. The quantitative estimate of drug-likeness (QED) is 0.481. The molecule has 0 radical (unpaired) electrons. The fraction of sp³-hybridized carbons (Fsp3) is 0.440. The Kier molecular flexibility index (Phi) is 9.17. The molecule has 0 spiro atoms. The predicted molar refractivity (Wildman–Crippen MR) is 133 cm³/mol. The van der Waals surface area contributed by atoms with Crippen LogP contribution in [-0.2, 0) is 21.5 Å². The van der Waals surface area contributed by atoms with Crippen molar-refractivity contribution >= 4 is 39.3 Å². The van der Waals surface area contributed by atoms with E-state index in [9.17, 15) is 9.59 Å². The van der Waals surface area contributed by atoms with E-state index in [-0.39, 0.29) is 36.4 Å². The summed E-state index contributed by atoms with van der Waals surface area (Å²) in [5.41, 5.74) is 2.00. The molecule has 2 rings (SSSR count). The van der Waals surface area contributed by atoms with E-state index in [1.165, 1.54) is 4.90 Å². The van der Waals surface area contributed by atoms with Gasteiger partial charge in [-0.1, -0.05) is 50.6 Å². The third kappa shape index (κ3) is 7.52. The van der Waals surface area contributed by atoms with Crippen molar-refractivity contribution in [3.05, 3.63) is 63.1 Å². The summed E-state index contributed by atoms with van der Waals surface area (Å²) in [5.74, 6) is 0.0719. The standard InChI is InChI=1S/C25H32BrClN2O3/c1-16(2)28-24(31)17(3)29(14-18-8-7-9-20(27)12-18)23(30)15-32-22-11-10-19(13-21(22)26)25(4,5)6/h7-13,16-17H,14-15H2,1-6H3,(H,28,31)/t17-/m0/s1. The van der Waals surface area contributed by atoms with Gasteiger partial charge in [-0.3, -0.25) is 9.59 Å². The number of hydrogen-bond acceptors (Lipinski definition) is 3. The maximum absolute atomic E-state index is 13.1. The zero-order chi connectivity index (χ0) is 24.1. The van der Waals surface area contributed by atoms with Crippen LogP contribution >= 0.6 is 27.5 Å². The normalized spacial score (nSPS) is 12.4. The fourth-order valence-corrected chi connectivity index (χ4v) is 3.83. The second kappa shape index (κ2) is 11.2. The topological polar surface area (TPSA) is 58.6 Å². The molecule has 1 N–H and O–H groups in total. The molecule has 7 heteroatoms. The van der Waals surface area contributed by atoms with Crippen LogP contribution in [0.5, 0.6) is 5.75 Å². The number of halogens is 2. The van der Waals surface area contributed by atoms with Crippen LogP contribution < -0.4 is 10.1 Å². The lowest BCUT2D eigenvalue weighted by atomic mass is 9.87. The van der Waals surface area contributed by atoms with E-state index >= 15 is 0 Å². The summed E-state index contributed by atoms with van der Waals surface area (Å²) < 4.78 is 6.61. The Morgan fingerprint density at radius 3 is 2.38 bits per heavy atom. The predicted octanol–water partition coefficient (Wildman–Crippen LogP) is 5.72. The van der Waals surface area contributed by atoms with Gasteiger partial charge in [-0.15, -0.1) is 0 Å². The number of benzene rings is 2. The van der Waals surface area contributed by atoms with Crippen LogP contribution in [0.4, 0.5) is 0 Å². The first kappa shape index (κ1) is 26.2. The molecule has 2 aromatic carbocycles. The SMILES string of the molecule is CC(C)NC(=O)[C@H](C)N(Cc1cccc(Cl)c1)C(=O)COc1ccc(C(C)(C)C)cc1Br. The highest BCUT2D eigenvalue weighted by atomic mass is 79.9. The van der Waals surface area contributed by atoms with Gasteiger partial charge in [0.2, 0.25) is 5.91 Å². The molecule has 174 valence electrons. The molecule has 0 saturated carbocycles. The van der Waals surface area contributed by atoms with Crippen molar-refractivity contribution in [3.63, 3.8) is 0 Å². The first-order chi connectivity index (χ1) is 14.9. The summed E-state index contributed by atoms with van der Waals surface area (Å²) in [6, 6.07) is 12.4. The summed E-state index contributed by atoms with van der Waals surface area (Å²) in [4.78, 5) is 27.3. The zero-order valence-electron chi connectivity index (χ0n) is 19.5. The van der Waals surface area contributed by atoms with Gasteiger partial charge in [0.05, 0.1) is 4.47 Å². The second-order valence-electron chi connectivity index (χ2n) is 9.17. The molecule has 32 heavy (non-hydrogen) atoms. The van der Waals surface area contributed by atoms with Gasteiger partial charge >= 0.3 is 0 Å². The summed E-state index contributed by atoms with van der Waals surface area (Å²) in [5, 5.41) is 3.45. The van der Waals surface area contributed by atoms with Gasteiger partial charge < -0.3 is 15.0 Å². The molecular formula is C25H32BrClN2O3. The Morgan fingerprint density at radius 2 is 1.81 bits per heavy atom. The third-order valence-electron chi connectivity index (χ3n) is 4.99. The maximum Gasteiger partial charge on any atom is 0.261 e. The number of amides is 2. The lowest BCUT2D eigenvalue weighted by Gasteiger charge is -2.29. The molecule has 2 aromatic rings. The molecule has 0 fully saturated rings. The van der Waals surface area contributed by atoms with Crippen LogP contribution in [0.2, 0.25) is 5.02 Å². The Morgan fingerprint density at radius 1 is 1.12 bits per heavy atom. The molecule has 0 aliphatic rings. The molecule has 1 atom stereocenters. The van der Waals surface area contributed by atoms with Crippen molar-refractivity contribution in [1.82, 2.24) is 10.2 Å². The number of nitrogens with zero attached hydrogens (tertiary/aromatic N) is 1. The van der Waals surface area contributed by atoms with Gasteiger partial charge in [0.15, 0.2) is 6.61 Å². The minimum absolute atomic E-state index is 0.00380. The summed E-state index contributed by atoms with van der Waals surface area (Å²) in [6.07, 6.45) is 0. The van der Waals surface area contributed by atoms with Gasteiger partial charge in [0.25, 0.3) is 5.91 Å². The highest BCUT2D eigenvalue weighted by molar-refractivity contribution is 9.10. The van der Waals surface area contributed by atoms with Crippen molar-refractivity contribution in [2.24, 2.45) is 0 Å². The molecule has 0 bridgehead atoms. The Labute approximate surface area is 204 Å². The van der Waals surface area contributed by atoms with Gasteiger partial charge in [-0.05, 0) is 77.5 Å². The number of hydrogen-bond donors (Lipinski definition) is 1. The van der Waals surface area contributed by atoms with Crippen LogP contribution in [0.1, 0.15) is 52.7 Å². The Hall–Kier alpha value is -2.05. The molecule has 0 heterocycles. The zero-order valence-corrected chi connectivity index (χ0v) is 21.9. The minimum atomic E-state index is -0.667. The van der Waals surface area contributed by atoms with Crippen molar-refractivity contribution in [2.75, 3.05) is 6.61 Å². The van der Waals surface area contributed by atoms with Crippen molar-refractivity contribution in [2.45, 2.75) is 65.6 Å². The molecule has 2 amide bonds. The van der Waals surface area contributed by atoms with Crippen molar-refractivity contribution in [3.8, 4) is 5.75 Å². The molecule has 5 nitrogen and oxygen atoms in total. The smallest absolute Gasteiger partial charge is 0.261 e. The van der Waals surface area contributed by atoms with Gasteiger partial charge in [-0.25, -0.2) is 0 Å². The van der Waals surface area contributed by atoms with E-state index in [1.54, 1.807) is 19.1 Å². The van der Waals surface area contributed by atoms with Crippen molar-refractivity contribution < 1.29 is 14.3 Å². The third-order valence-corrected chi connectivity index (χ3v) is 5.84. The van der Waals surface area contributed by atoms with E-state index in [0.29, 0.717) is 10.8 Å². The Bertz CT molecular complexity index is 956. The number of carbonyl (C=O) groups is 2. The minimum Gasteiger partial charge on any atom is -0.483 e. The lowest BCUT2D eigenvalue weighted by Crippen LogP contribution is -2.50. The monoisotopic (exact) mass is 522 g/mol. The van der Waals surface area contributed by atoms with Gasteiger partial charge in [0, 0.05) is 17.6 Å². The molecule has 0 aliphatic carbocycles. The average Bonchev–Trinajstić information content (AvgIpc) is 2.69. The molecular weight excluding hydrogens is 492 g/mol. The van der Waals surface area contributed by atoms with Crippen LogP contribution in [0.15, 0.2) is 46.9 Å². The first-order valence-electron chi connectivity index (χ1n) is 10.7. The average molecular weight is 524 g/mol. The van der Waals surface area contributed by atoms with Crippen LogP contribution in [-0.4, -0.2) is 35.4 Å². The summed E-state index contributed by atoms with van der Waals surface area (Å²) in [6.45, 7) is 12.0. The Balaban J connectivity index is 2.19. The molecule has 0 saturated heterocycles. The molecule has 0 aromatic heterocycles. The summed E-state index contributed by atoms with van der Waals surface area (Å²) >= 11 is 9.65. The van der Waals surface area contributed by atoms with Gasteiger partial charge in [-0.2, -0.15) is 0 Å². The van der Waals surface area contributed by atoms with E-state index in [1.807, 2.05) is 44.2 Å². The lowest BCUT2D eigenvalue weighted by molar-refractivity contribution is -0.142. The van der Waals surface area contributed by atoms with Crippen LogP contribution in [0.25, 0.3) is 0 Å². The maximum atomic E-state index is 13.1. The second-order valence-corrected chi connectivity index (χ2v) is 10.5. The number of ether oxygens (including phenoxy) is 1. The van der Waals surface area contributed by atoms with E-state index < -0.39 is 6.04 Å². The summed E-state index contributed by atoms with van der Waals surface area (Å²) in [7, 11) is 0. The molecule has 0 unspecified atom stereocenters. The first-order valence-corrected chi connectivity index (χ1v) is 11.8. The van der Waals surface area contributed by atoms with Gasteiger partial charge in [0.1, 0.15) is 11.8 Å². The highest BCUT2D eigenvalue weighted by Crippen LogP contribution is 2.31. The number of nitrogens with one attached hydrogen (secondary N) is 1. The largest absolute Gasteiger partial charge is 0.483 e. The van der Waals surface area contributed by atoms with E-state index in [2.05, 4.69) is 42.0 Å². The highest BCUT2D eigenvalue weighted by Gasteiger charge is 2.27. The van der Waals surface area contributed by atoms with Crippen molar-refractivity contribution in [1.29, 1.82) is 0 Å².